The van der Waals surface area contributed by atoms with Gasteiger partial charge in [-0.15, -0.1) is 0 Å². The SMILES string of the molecule is COC(=O)CC(CC1CCCCC1)C(C)(C)N. The first-order chi connectivity index (χ1) is 7.93. The fourth-order valence-corrected chi connectivity index (χ4v) is 2.76. The third-order valence-corrected chi connectivity index (χ3v) is 4.04. The zero-order valence-electron chi connectivity index (χ0n) is 11.5. The van der Waals surface area contributed by atoms with E-state index < -0.39 is 0 Å². The monoisotopic (exact) mass is 241 g/mol. The van der Waals surface area contributed by atoms with Crippen LogP contribution in [0.5, 0.6) is 0 Å². The molecular formula is C14H27NO2. The van der Waals surface area contributed by atoms with Crippen molar-refractivity contribution in [2.75, 3.05) is 7.11 Å². The second-order valence-electron chi connectivity index (χ2n) is 6.04. The summed E-state index contributed by atoms with van der Waals surface area (Å²) in [5.74, 6) is 0.851. The van der Waals surface area contributed by atoms with Crippen LogP contribution in [0.15, 0.2) is 0 Å². The molecule has 0 aromatic carbocycles. The number of hydrogen-bond donors (Lipinski definition) is 1. The topological polar surface area (TPSA) is 52.3 Å². The highest BCUT2D eigenvalue weighted by molar-refractivity contribution is 5.69. The maximum atomic E-state index is 11.4. The van der Waals surface area contributed by atoms with Crippen LogP contribution in [0, 0.1) is 11.8 Å². The number of methoxy groups -OCH3 is 1. The minimum absolute atomic E-state index is 0.135. The number of carbonyl (C=O) groups is 1. The maximum Gasteiger partial charge on any atom is 0.305 e. The van der Waals surface area contributed by atoms with Crippen molar-refractivity contribution in [1.82, 2.24) is 0 Å². The van der Waals surface area contributed by atoms with E-state index in [1.54, 1.807) is 0 Å². The molecule has 17 heavy (non-hydrogen) atoms. The summed E-state index contributed by atoms with van der Waals surface area (Å²) in [5.41, 5.74) is 5.89. The predicted octanol–water partition coefficient (Wildman–Crippen LogP) is 2.87. The first kappa shape index (κ1) is 14.5. The van der Waals surface area contributed by atoms with Crippen LogP contribution in [0.3, 0.4) is 0 Å². The Hall–Kier alpha value is -0.570. The van der Waals surface area contributed by atoms with E-state index >= 15 is 0 Å². The van der Waals surface area contributed by atoms with Crippen molar-refractivity contribution >= 4 is 5.97 Å². The number of ether oxygens (including phenoxy) is 1. The van der Waals surface area contributed by atoms with E-state index in [0.717, 1.165) is 12.3 Å². The maximum absolute atomic E-state index is 11.4. The molecule has 0 aromatic rings. The van der Waals surface area contributed by atoms with Gasteiger partial charge in [-0.3, -0.25) is 4.79 Å². The summed E-state index contributed by atoms with van der Waals surface area (Å²) in [5, 5.41) is 0. The van der Waals surface area contributed by atoms with Crippen molar-refractivity contribution in [3.63, 3.8) is 0 Å². The van der Waals surface area contributed by atoms with Gasteiger partial charge in [-0.1, -0.05) is 32.1 Å². The lowest BCUT2D eigenvalue weighted by Crippen LogP contribution is -2.43. The van der Waals surface area contributed by atoms with Crippen molar-refractivity contribution in [2.24, 2.45) is 17.6 Å². The fourth-order valence-electron chi connectivity index (χ4n) is 2.76. The van der Waals surface area contributed by atoms with Crippen molar-refractivity contribution in [3.8, 4) is 0 Å². The molecular weight excluding hydrogens is 214 g/mol. The molecule has 0 spiro atoms. The van der Waals surface area contributed by atoms with Gasteiger partial charge in [-0.2, -0.15) is 0 Å². The van der Waals surface area contributed by atoms with Crippen LogP contribution in [0.25, 0.3) is 0 Å². The van der Waals surface area contributed by atoms with Gasteiger partial charge >= 0.3 is 5.97 Å². The minimum Gasteiger partial charge on any atom is -0.469 e. The third-order valence-electron chi connectivity index (χ3n) is 4.04. The standard InChI is InChI=1S/C14H27NO2/c1-14(2,15)12(10-13(16)17-3)9-11-7-5-4-6-8-11/h11-12H,4-10,15H2,1-3H3. The Morgan fingerprint density at radius 3 is 2.41 bits per heavy atom. The number of nitrogens with two attached hydrogens (primary N) is 1. The van der Waals surface area contributed by atoms with Gasteiger partial charge in [-0.05, 0) is 32.1 Å². The Bertz CT molecular complexity index is 239. The van der Waals surface area contributed by atoms with E-state index in [4.69, 9.17) is 10.5 Å². The zero-order chi connectivity index (χ0) is 12.9. The van der Waals surface area contributed by atoms with Crippen LogP contribution >= 0.6 is 0 Å². The molecule has 1 unspecified atom stereocenters. The second kappa shape index (κ2) is 6.39. The van der Waals surface area contributed by atoms with Gasteiger partial charge in [0, 0.05) is 5.54 Å². The molecule has 0 radical (unpaired) electrons. The molecule has 1 rings (SSSR count). The van der Waals surface area contributed by atoms with Gasteiger partial charge < -0.3 is 10.5 Å². The molecule has 2 N–H and O–H groups in total. The lowest BCUT2D eigenvalue weighted by Gasteiger charge is -2.34. The molecule has 100 valence electrons. The smallest absolute Gasteiger partial charge is 0.305 e. The van der Waals surface area contributed by atoms with Crippen LogP contribution in [0.2, 0.25) is 0 Å². The number of carbonyl (C=O) groups excluding carboxylic acids is 1. The average molecular weight is 241 g/mol. The highest BCUT2D eigenvalue weighted by atomic mass is 16.5. The molecule has 0 aliphatic heterocycles. The molecule has 0 bridgehead atoms. The van der Waals surface area contributed by atoms with Gasteiger partial charge in [0.2, 0.25) is 0 Å². The molecule has 3 nitrogen and oxygen atoms in total. The summed E-state index contributed by atoms with van der Waals surface area (Å²) < 4.78 is 4.77. The Morgan fingerprint density at radius 2 is 1.94 bits per heavy atom. The van der Waals surface area contributed by atoms with Crippen LogP contribution in [-0.4, -0.2) is 18.6 Å². The number of esters is 1. The second-order valence-corrected chi connectivity index (χ2v) is 6.04. The number of hydrogen-bond acceptors (Lipinski definition) is 3. The lowest BCUT2D eigenvalue weighted by atomic mass is 9.75. The van der Waals surface area contributed by atoms with E-state index in [9.17, 15) is 4.79 Å². The molecule has 3 heteroatoms. The van der Waals surface area contributed by atoms with E-state index in [-0.39, 0.29) is 17.4 Å². The van der Waals surface area contributed by atoms with Crippen LogP contribution in [0.4, 0.5) is 0 Å². The van der Waals surface area contributed by atoms with E-state index in [2.05, 4.69) is 0 Å². The zero-order valence-corrected chi connectivity index (χ0v) is 11.5. The molecule has 0 saturated heterocycles. The minimum atomic E-state index is -0.300. The van der Waals surface area contributed by atoms with Crippen LogP contribution in [0.1, 0.15) is 58.8 Å². The summed E-state index contributed by atoms with van der Waals surface area (Å²) in [4.78, 5) is 11.4. The van der Waals surface area contributed by atoms with Crippen molar-refractivity contribution in [2.45, 2.75) is 64.3 Å². The van der Waals surface area contributed by atoms with Crippen molar-refractivity contribution in [1.29, 1.82) is 0 Å². The molecule has 0 aromatic heterocycles. The molecule has 1 aliphatic carbocycles. The molecule has 1 aliphatic rings. The first-order valence-corrected chi connectivity index (χ1v) is 6.79. The van der Waals surface area contributed by atoms with Gasteiger partial charge in [-0.25, -0.2) is 0 Å². The molecule has 0 heterocycles. The molecule has 1 fully saturated rings. The Labute approximate surface area is 105 Å². The van der Waals surface area contributed by atoms with E-state index in [1.165, 1.54) is 39.2 Å². The number of rotatable bonds is 5. The highest BCUT2D eigenvalue weighted by Gasteiger charge is 2.30. The molecule has 1 saturated carbocycles. The van der Waals surface area contributed by atoms with E-state index in [1.807, 2.05) is 13.8 Å². The fraction of sp³-hybridized carbons (Fsp3) is 0.929. The van der Waals surface area contributed by atoms with Crippen LogP contribution in [-0.2, 0) is 9.53 Å². The van der Waals surface area contributed by atoms with Crippen molar-refractivity contribution < 1.29 is 9.53 Å². The van der Waals surface area contributed by atoms with Gasteiger partial charge in [0.05, 0.1) is 13.5 Å². The van der Waals surface area contributed by atoms with Gasteiger partial charge in [0.1, 0.15) is 0 Å². The Morgan fingerprint density at radius 1 is 1.35 bits per heavy atom. The van der Waals surface area contributed by atoms with Crippen molar-refractivity contribution in [3.05, 3.63) is 0 Å². The van der Waals surface area contributed by atoms with Gasteiger partial charge in [0.15, 0.2) is 0 Å². The summed E-state index contributed by atoms with van der Waals surface area (Å²) in [6.45, 7) is 4.03. The Balaban J connectivity index is 2.53. The highest BCUT2D eigenvalue weighted by Crippen LogP contribution is 2.33. The lowest BCUT2D eigenvalue weighted by molar-refractivity contribution is -0.142. The summed E-state index contributed by atoms with van der Waals surface area (Å²) in [6.07, 6.45) is 8.15. The van der Waals surface area contributed by atoms with Gasteiger partial charge in [0.25, 0.3) is 0 Å². The third kappa shape index (κ3) is 5.07. The molecule has 1 atom stereocenters. The largest absolute Gasteiger partial charge is 0.469 e. The summed E-state index contributed by atoms with van der Waals surface area (Å²) >= 11 is 0. The average Bonchev–Trinajstić information content (AvgIpc) is 2.28. The predicted molar refractivity (Wildman–Crippen MR) is 69.6 cm³/mol. The van der Waals surface area contributed by atoms with E-state index in [0.29, 0.717) is 6.42 Å². The van der Waals surface area contributed by atoms with Crippen LogP contribution < -0.4 is 5.73 Å². The quantitative estimate of drug-likeness (QED) is 0.753. The normalized spacial score (nSPS) is 20.0. The summed E-state index contributed by atoms with van der Waals surface area (Å²) in [6, 6.07) is 0. The Kier molecular flexibility index (Phi) is 5.44. The summed E-state index contributed by atoms with van der Waals surface area (Å²) in [7, 11) is 1.45. The first-order valence-electron chi connectivity index (χ1n) is 6.79. The molecule has 0 amide bonds.